The number of hydrogen-bond donors (Lipinski definition) is 0. The highest BCUT2D eigenvalue weighted by molar-refractivity contribution is 7.95. The van der Waals surface area contributed by atoms with Gasteiger partial charge in [-0.05, 0) is 34.9 Å². The molecule has 0 radical (unpaired) electrons. The first-order valence-corrected chi connectivity index (χ1v) is 12.9. The topological polar surface area (TPSA) is 19.4 Å². The third-order valence-corrected chi connectivity index (χ3v) is 7.98. The van der Waals surface area contributed by atoms with Crippen LogP contribution in [0.15, 0.2) is 24.3 Å². The summed E-state index contributed by atoms with van der Waals surface area (Å²) in [6, 6.07) is 8.97. The third-order valence-electron chi connectivity index (χ3n) is 5.38. The number of anilines is 6. The molecule has 0 aliphatic heterocycles. The summed E-state index contributed by atoms with van der Waals surface area (Å²) in [7, 11) is 24.0. The van der Waals surface area contributed by atoms with E-state index < -0.39 is 7.27 Å². The first-order chi connectivity index (χ1) is 14.8. The summed E-state index contributed by atoms with van der Waals surface area (Å²) in [4.78, 5) is 13.0. The van der Waals surface area contributed by atoms with Crippen LogP contribution < -0.4 is 40.0 Å². The molecular weight excluding hydrogens is 439 g/mol. The first-order valence-electron chi connectivity index (χ1n) is 10.6. The van der Waals surface area contributed by atoms with E-state index in [4.69, 9.17) is 11.2 Å². The van der Waals surface area contributed by atoms with E-state index in [9.17, 15) is 0 Å². The van der Waals surface area contributed by atoms with Gasteiger partial charge in [0.15, 0.2) is 0 Å². The monoisotopic (exact) mass is 478 g/mol. The summed E-state index contributed by atoms with van der Waals surface area (Å²) in [6.45, 7) is 0. The Morgan fingerprint density at radius 1 is 0.438 bits per heavy atom. The predicted octanol–water partition coefficient (Wildman–Crippen LogP) is 3.67. The van der Waals surface area contributed by atoms with Crippen molar-refractivity contribution in [2.45, 2.75) is 0 Å². The molecule has 0 spiro atoms. The van der Waals surface area contributed by atoms with Crippen LogP contribution in [0.1, 0.15) is 0 Å². The molecule has 178 valence electrons. The molecule has 0 bridgehead atoms. The van der Waals surface area contributed by atoms with Gasteiger partial charge in [-0.3, -0.25) is 0 Å². The Morgan fingerprint density at radius 2 is 0.656 bits per heavy atom. The lowest BCUT2D eigenvalue weighted by atomic mass is 10.2. The normalized spacial score (nSPS) is 10.9. The molecule has 32 heavy (non-hydrogen) atoms. The lowest BCUT2D eigenvalue weighted by molar-refractivity contribution is 1.05. The Hall–Kier alpha value is -2.04. The average molecular weight is 479 g/mol. The highest BCUT2D eigenvalue weighted by Crippen LogP contribution is 2.47. The summed E-state index contributed by atoms with van der Waals surface area (Å²) in [5, 5.41) is 2.29. The summed E-state index contributed by atoms with van der Waals surface area (Å²) in [5.74, 6) is 0. The maximum atomic E-state index is 7.27. The second-order valence-corrected chi connectivity index (χ2v) is 11.9. The van der Waals surface area contributed by atoms with Crippen molar-refractivity contribution in [3.63, 3.8) is 0 Å². The van der Waals surface area contributed by atoms with Gasteiger partial charge in [0.1, 0.15) is 0 Å². The van der Waals surface area contributed by atoms with Gasteiger partial charge in [-0.15, -0.1) is 0 Å². The number of benzene rings is 2. The predicted molar refractivity (Wildman–Crippen MR) is 151 cm³/mol. The van der Waals surface area contributed by atoms with Crippen molar-refractivity contribution in [2.75, 3.05) is 114 Å². The van der Waals surface area contributed by atoms with Gasteiger partial charge in [0.25, 0.3) is 0 Å². The standard InChI is InChI=1S/C24H40ClN6P/c1-26(2)19-13-17(14-20(27(3)4)23(19)30(9)10)32(25)18-15-21(28(5)6)24(31(11)12)22(16-18)29(7)8/h13-16H,1-12H3. The zero-order valence-electron chi connectivity index (χ0n) is 21.8. The van der Waals surface area contributed by atoms with E-state index in [1.54, 1.807) is 0 Å². The van der Waals surface area contributed by atoms with Gasteiger partial charge in [-0.2, -0.15) is 0 Å². The summed E-state index contributed by atoms with van der Waals surface area (Å²) in [5.41, 5.74) is 7.03. The molecule has 6 nitrogen and oxygen atoms in total. The second-order valence-electron chi connectivity index (χ2n) is 9.31. The van der Waals surface area contributed by atoms with Gasteiger partial charge in [-0.25, -0.2) is 0 Å². The van der Waals surface area contributed by atoms with Crippen LogP contribution in [0.4, 0.5) is 34.1 Å². The summed E-state index contributed by atoms with van der Waals surface area (Å²) < 4.78 is 0. The van der Waals surface area contributed by atoms with E-state index in [1.807, 2.05) is 0 Å². The molecule has 0 saturated carbocycles. The molecule has 2 aromatic carbocycles. The van der Waals surface area contributed by atoms with Gasteiger partial charge in [0.2, 0.25) is 0 Å². The van der Waals surface area contributed by atoms with Crippen LogP contribution in [-0.4, -0.2) is 84.6 Å². The van der Waals surface area contributed by atoms with Gasteiger partial charge in [0.05, 0.1) is 41.4 Å². The van der Waals surface area contributed by atoms with Crippen LogP contribution in [0.3, 0.4) is 0 Å². The van der Waals surface area contributed by atoms with Crippen LogP contribution in [0.5, 0.6) is 0 Å². The van der Waals surface area contributed by atoms with Crippen LogP contribution in [0.2, 0.25) is 0 Å². The van der Waals surface area contributed by atoms with Crippen LogP contribution in [-0.2, 0) is 0 Å². The van der Waals surface area contributed by atoms with Crippen molar-refractivity contribution in [1.29, 1.82) is 0 Å². The molecule has 0 N–H and O–H groups in total. The lowest BCUT2D eigenvalue weighted by Gasteiger charge is -2.31. The van der Waals surface area contributed by atoms with Gasteiger partial charge in [-0.1, -0.05) is 11.2 Å². The maximum Gasteiger partial charge on any atom is 0.0836 e. The molecule has 2 aromatic rings. The van der Waals surface area contributed by atoms with Crippen molar-refractivity contribution in [3.05, 3.63) is 24.3 Å². The van der Waals surface area contributed by atoms with Crippen molar-refractivity contribution in [2.24, 2.45) is 0 Å². The zero-order chi connectivity index (χ0) is 24.5. The molecule has 8 heteroatoms. The van der Waals surface area contributed by atoms with Crippen LogP contribution in [0, 0.1) is 0 Å². The fourth-order valence-corrected chi connectivity index (χ4v) is 5.66. The first kappa shape index (κ1) is 26.2. The third kappa shape index (κ3) is 5.29. The van der Waals surface area contributed by atoms with Crippen molar-refractivity contribution >= 4 is 63.2 Å². The Balaban J connectivity index is 2.78. The zero-order valence-corrected chi connectivity index (χ0v) is 23.5. The van der Waals surface area contributed by atoms with Crippen molar-refractivity contribution in [1.82, 2.24) is 0 Å². The minimum atomic E-state index is -1.07. The molecule has 0 unspecified atom stereocenters. The Labute approximate surface area is 201 Å². The molecule has 0 aromatic heterocycles. The molecule has 0 saturated heterocycles. The lowest BCUT2D eigenvalue weighted by Crippen LogP contribution is -2.25. The molecule has 0 amide bonds. The fraction of sp³-hybridized carbons (Fsp3) is 0.500. The van der Waals surface area contributed by atoms with Gasteiger partial charge >= 0.3 is 0 Å². The number of halogens is 1. The van der Waals surface area contributed by atoms with E-state index in [0.717, 1.165) is 33.4 Å². The number of rotatable bonds is 8. The molecule has 0 fully saturated rings. The Morgan fingerprint density at radius 3 is 0.812 bits per heavy atom. The molecular formula is C24H40ClN6P. The Bertz CT molecular complexity index is 807. The summed E-state index contributed by atoms with van der Waals surface area (Å²) in [6.07, 6.45) is 0. The van der Waals surface area contributed by atoms with Crippen molar-refractivity contribution in [3.8, 4) is 0 Å². The summed E-state index contributed by atoms with van der Waals surface area (Å²) >= 11 is 7.27. The van der Waals surface area contributed by atoms with Crippen LogP contribution in [0.25, 0.3) is 0 Å². The number of nitrogens with zero attached hydrogens (tertiary/aromatic N) is 6. The minimum Gasteiger partial charge on any atom is -0.376 e. The fourth-order valence-electron chi connectivity index (χ4n) is 3.84. The van der Waals surface area contributed by atoms with Gasteiger partial charge < -0.3 is 29.4 Å². The molecule has 2 rings (SSSR count). The van der Waals surface area contributed by atoms with E-state index in [2.05, 4.69) is 138 Å². The van der Waals surface area contributed by atoms with Gasteiger partial charge in [0, 0.05) is 84.6 Å². The largest absolute Gasteiger partial charge is 0.376 e. The molecule has 0 aliphatic rings. The highest BCUT2D eigenvalue weighted by Gasteiger charge is 2.23. The SMILES string of the molecule is CN(C)c1cc(P(Cl)c2cc(N(C)C)c(N(C)C)c(N(C)C)c2)cc(N(C)C)c1N(C)C. The maximum absolute atomic E-state index is 7.27. The van der Waals surface area contributed by atoms with E-state index in [1.165, 1.54) is 11.4 Å². The van der Waals surface area contributed by atoms with E-state index in [-0.39, 0.29) is 0 Å². The smallest absolute Gasteiger partial charge is 0.0836 e. The second kappa shape index (κ2) is 10.3. The van der Waals surface area contributed by atoms with Crippen LogP contribution >= 0.6 is 18.5 Å². The minimum absolute atomic E-state index is 1.07. The average Bonchev–Trinajstić information content (AvgIpc) is 2.70. The van der Waals surface area contributed by atoms with E-state index >= 15 is 0 Å². The molecule has 0 heterocycles. The quantitative estimate of drug-likeness (QED) is 0.535. The molecule has 0 atom stereocenters. The molecule has 0 aliphatic carbocycles. The van der Waals surface area contributed by atoms with Crippen molar-refractivity contribution < 1.29 is 0 Å². The highest BCUT2D eigenvalue weighted by atomic mass is 35.7. The number of hydrogen-bond acceptors (Lipinski definition) is 6. The Kier molecular flexibility index (Phi) is 8.41. The van der Waals surface area contributed by atoms with E-state index in [0.29, 0.717) is 0 Å².